The molecule has 5 nitrogen and oxygen atoms in total. The number of hydrogen-bond donors (Lipinski definition) is 2. The van der Waals surface area contributed by atoms with Gasteiger partial charge < -0.3 is 10.5 Å². The molecule has 0 radical (unpaired) electrons. The molecular weight excluding hydrogens is 276 g/mol. The van der Waals surface area contributed by atoms with Crippen LogP contribution in [0.1, 0.15) is 12.8 Å². The summed E-state index contributed by atoms with van der Waals surface area (Å²) in [7, 11) is -2.19. The van der Waals surface area contributed by atoms with E-state index in [0.717, 1.165) is 6.42 Å². The number of hydrogen-bond acceptors (Lipinski definition) is 4. The summed E-state index contributed by atoms with van der Waals surface area (Å²) < 4.78 is 31.6. The minimum absolute atomic E-state index is 0.0465. The fourth-order valence-electron chi connectivity index (χ4n) is 1.41. The van der Waals surface area contributed by atoms with E-state index in [0.29, 0.717) is 24.5 Å². The molecule has 102 valence electrons. The molecule has 1 aromatic rings. The fraction of sp³-hybridized carbons (Fsp3) is 0.455. The molecule has 0 saturated heterocycles. The maximum atomic E-state index is 12.0. The number of nitrogens with one attached hydrogen (secondary N) is 1. The van der Waals surface area contributed by atoms with Crippen molar-refractivity contribution >= 4 is 21.6 Å². The highest BCUT2D eigenvalue weighted by Gasteiger charge is 2.19. The zero-order valence-corrected chi connectivity index (χ0v) is 11.7. The first-order chi connectivity index (χ1) is 8.51. The second-order valence-corrected chi connectivity index (χ2v) is 5.86. The molecule has 0 unspecified atom stereocenters. The number of nitrogens with two attached hydrogens (primary N) is 1. The van der Waals surface area contributed by atoms with Gasteiger partial charge in [-0.15, -0.1) is 0 Å². The SMILES string of the molecule is COc1ccc(Cl)cc1S(=O)(=O)NCCCCN. The Labute approximate surface area is 112 Å². The van der Waals surface area contributed by atoms with E-state index in [2.05, 4.69) is 4.72 Å². The van der Waals surface area contributed by atoms with Crippen LogP contribution in [0.5, 0.6) is 5.75 Å². The lowest BCUT2D eigenvalue weighted by atomic mass is 10.3. The number of benzene rings is 1. The molecule has 0 fully saturated rings. The number of rotatable bonds is 7. The van der Waals surface area contributed by atoms with E-state index < -0.39 is 10.0 Å². The van der Waals surface area contributed by atoms with E-state index in [9.17, 15) is 8.42 Å². The van der Waals surface area contributed by atoms with Crippen LogP contribution in [0.2, 0.25) is 5.02 Å². The van der Waals surface area contributed by atoms with Crippen LogP contribution < -0.4 is 15.2 Å². The molecule has 3 N–H and O–H groups in total. The van der Waals surface area contributed by atoms with Gasteiger partial charge in [0.15, 0.2) is 0 Å². The molecule has 0 saturated carbocycles. The van der Waals surface area contributed by atoms with Crippen LogP contribution in [0.3, 0.4) is 0 Å². The topological polar surface area (TPSA) is 81.4 Å². The Morgan fingerprint density at radius 1 is 1.39 bits per heavy atom. The smallest absolute Gasteiger partial charge is 0.244 e. The zero-order chi connectivity index (χ0) is 13.6. The van der Waals surface area contributed by atoms with Crippen molar-refractivity contribution in [1.82, 2.24) is 4.72 Å². The largest absolute Gasteiger partial charge is 0.495 e. The second-order valence-electron chi connectivity index (χ2n) is 3.69. The van der Waals surface area contributed by atoms with Crippen molar-refractivity contribution in [3.8, 4) is 5.75 Å². The summed E-state index contributed by atoms with van der Waals surface area (Å²) in [5.41, 5.74) is 5.34. The van der Waals surface area contributed by atoms with Gasteiger partial charge in [-0.3, -0.25) is 0 Å². The summed E-state index contributed by atoms with van der Waals surface area (Å²) in [6.45, 7) is 0.886. The Hall–Kier alpha value is -0.820. The van der Waals surface area contributed by atoms with Gasteiger partial charge in [0.2, 0.25) is 10.0 Å². The first kappa shape index (κ1) is 15.2. The summed E-state index contributed by atoms with van der Waals surface area (Å²) in [5.74, 6) is 0.269. The van der Waals surface area contributed by atoms with Crippen molar-refractivity contribution in [2.24, 2.45) is 5.73 Å². The van der Waals surface area contributed by atoms with Crippen molar-refractivity contribution in [1.29, 1.82) is 0 Å². The molecule has 0 aromatic heterocycles. The summed E-state index contributed by atoms with van der Waals surface area (Å²) in [6, 6.07) is 4.47. The van der Waals surface area contributed by atoms with E-state index in [1.54, 1.807) is 6.07 Å². The Morgan fingerprint density at radius 3 is 2.72 bits per heavy atom. The highest BCUT2D eigenvalue weighted by atomic mass is 35.5. The lowest BCUT2D eigenvalue weighted by molar-refractivity contribution is 0.402. The normalized spacial score (nSPS) is 11.5. The maximum absolute atomic E-state index is 12.0. The van der Waals surface area contributed by atoms with Crippen LogP contribution in [0.25, 0.3) is 0 Å². The number of methoxy groups -OCH3 is 1. The van der Waals surface area contributed by atoms with Gasteiger partial charge in [-0.2, -0.15) is 0 Å². The van der Waals surface area contributed by atoms with Crippen molar-refractivity contribution in [2.45, 2.75) is 17.7 Å². The molecule has 0 aliphatic carbocycles. The molecule has 0 heterocycles. The number of ether oxygens (including phenoxy) is 1. The van der Waals surface area contributed by atoms with E-state index in [1.165, 1.54) is 19.2 Å². The van der Waals surface area contributed by atoms with Gasteiger partial charge in [-0.05, 0) is 37.6 Å². The monoisotopic (exact) mass is 292 g/mol. The average Bonchev–Trinajstić information content (AvgIpc) is 2.35. The molecule has 0 atom stereocenters. The van der Waals surface area contributed by atoms with Crippen LogP contribution in [0.4, 0.5) is 0 Å². The van der Waals surface area contributed by atoms with Crippen molar-refractivity contribution < 1.29 is 13.2 Å². The van der Waals surface area contributed by atoms with Crippen molar-refractivity contribution in [2.75, 3.05) is 20.2 Å². The first-order valence-corrected chi connectivity index (χ1v) is 7.40. The molecular formula is C11H17ClN2O3S. The van der Waals surface area contributed by atoms with E-state index in [1.807, 2.05) is 0 Å². The van der Waals surface area contributed by atoms with E-state index in [4.69, 9.17) is 22.1 Å². The van der Waals surface area contributed by atoms with Gasteiger partial charge in [0, 0.05) is 11.6 Å². The molecule has 0 amide bonds. The minimum atomic E-state index is -3.61. The molecule has 0 spiro atoms. The molecule has 1 rings (SSSR count). The Kier molecular flexibility index (Phi) is 5.87. The highest BCUT2D eigenvalue weighted by molar-refractivity contribution is 7.89. The van der Waals surface area contributed by atoms with Crippen LogP contribution in [0, 0.1) is 0 Å². The number of sulfonamides is 1. The molecule has 18 heavy (non-hydrogen) atoms. The highest BCUT2D eigenvalue weighted by Crippen LogP contribution is 2.26. The summed E-state index contributed by atoms with van der Waals surface area (Å²) >= 11 is 5.80. The Bertz CT molecular complexity index is 491. The van der Waals surface area contributed by atoms with Crippen molar-refractivity contribution in [3.05, 3.63) is 23.2 Å². The fourth-order valence-corrected chi connectivity index (χ4v) is 2.92. The standard InChI is InChI=1S/C11H17ClN2O3S/c1-17-10-5-4-9(12)8-11(10)18(15,16)14-7-3-2-6-13/h4-5,8,14H,2-3,6-7,13H2,1H3. The van der Waals surface area contributed by atoms with E-state index in [-0.39, 0.29) is 10.6 Å². The lowest BCUT2D eigenvalue weighted by Crippen LogP contribution is -2.25. The van der Waals surface area contributed by atoms with E-state index >= 15 is 0 Å². The van der Waals surface area contributed by atoms with Gasteiger partial charge in [0.05, 0.1) is 7.11 Å². The van der Waals surface area contributed by atoms with Crippen LogP contribution in [-0.4, -0.2) is 28.6 Å². The molecule has 0 aliphatic heterocycles. The summed E-state index contributed by atoms with van der Waals surface area (Å²) in [5, 5.41) is 0.345. The number of halogens is 1. The third-order valence-corrected chi connectivity index (χ3v) is 4.06. The zero-order valence-electron chi connectivity index (χ0n) is 10.1. The lowest BCUT2D eigenvalue weighted by Gasteiger charge is -2.10. The summed E-state index contributed by atoms with van der Waals surface area (Å²) in [6.07, 6.45) is 1.47. The van der Waals surface area contributed by atoms with Crippen molar-refractivity contribution in [3.63, 3.8) is 0 Å². The molecule has 0 aliphatic rings. The van der Waals surface area contributed by atoms with Gasteiger partial charge in [0.1, 0.15) is 10.6 Å². The van der Waals surface area contributed by atoms with Gasteiger partial charge in [-0.25, -0.2) is 13.1 Å². The number of unbranched alkanes of at least 4 members (excludes halogenated alkanes) is 1. The summed E-state index contributed by atoms with van der Waals surface area (Å²) in [4.78, 5) is 0.0465. The third-order valence-electron chi connectivity index (χ3n) is 2.34. The predicted molar refractivity (Wildman–Crippen MR) is 71.5 cm³/mol. The molecule has 0 bridgehead atoms. The molecule has 7 heteroatoms. The third kappa shape index (κ3) is 4.13. The maximum Gasteiger partial charge on any atom is 0.244 e. The second kappa shape index (κ2) is 6.94. The predicted octanol–water partition coefficient (Wildman–Crippen LogP) is 1.37. The average molecular weight is 293 g/mol. The Balaban J connectivity index is 2.87. The van der Waals surface area contributed by atoms with Gasteiger partial charge in [-0.1, -0.05) is 11.6 Å². The first-order valence-electron chi connectivity index (χ1n) is 5.54. The molecule has 1 aromatic carbocycles. The van der Waals surface area contributed by atoms with Crippen LogP contribution in [-0.2, 0) is 10.0 Å². The Morgan fingerprint density at radius 2 is 2.11 bits per heavy atom. The quantitative estimate of drug-likeness (QED) is 0.744. The van der Waals surface area contributed by atoms with Crippen LogP contribution >= 0.6 is 11.6 Å². The minimum Gasteiger partial charge on any atom is -0.495 e. The van der Waals surface area contributed by atoms with Crippen LogP contribution in [0.15, 0.2) is 23.1 Å². The van der Waals surface area contributed by atoms with Gasteiger partial charge in [0.25, 0.3) is 0 Å². The van der Waals surface area contributed by atoms with Gasteiger partial charge >= 0.3 is 0 Å².